The molecule has 2 atom stereocenters. The van der Waals surface area contributed by atoms with Crippen molar-refractivity contribution in [1.82, 2.24) is 20.0 Å². The van der Waals surface area contributed by atoms with Crippen molar-refractivity contribution in [3.05, 3.63) is 30.0 Å². The van der Waals surface area contributed by atoms with Crippen molar-refractivity contribution in [3.63, 3.8) is 0 Å². The van der Waals surface area contributed by atoms with Crippen LogP contribution in [0.3, 0.4) is 0 Å². The molecule has 1 aromatic heterocycles. The van der Waals surface area contributed by atoms with Crippen molar-refractivity contribution in [3.8, 4) is 0 Å². The first kappa shape index (κ1) is 24.8. The summed E-state index contributed by atoms with van der Waals surface area (Å²) >= 11 is 0. The average Bonchev–Trinajstić information content (AvgIpc) is 3.02. The van der Waals surface area contributed by atoms with Crippen LogP contribution in [0.1, 0.15) is 23.3 Å². The molecule has 1 aromatic carbocycles. The van der Waals surface area contributed by atoms with Gasteiger partial charge in [0.25, 0.3) is 23.3 Å². The van der Waals surface area contributed by atoms with Crippen molar-refractivity contribution in [2.24, 2.45) is 7.05 Å². The van der Waals surface area contributed by atoms with Crippen molar-refractivity contribution in [2.45, 2.75) is 53.8 Å². The first-order chi connectivity index (χ1) is 15.3. The summed E-state index contributed by atoms with van der Waals surface area (Å²) in [4.78, 5) is 12.2. The SMILES string of the molecule is Cn1nc(C(=O)NC2CC3(O)N(C(O)(O)O)C(O)(C2)C(O)(O)C(O)(O)C3(O)O)c2ccccc21. The van der Waals surface area contributed by atoms with Gasteiger partial charge in [-0.25, -0.2) is 0 Å². The van der Waals surface area contributed by atoms with Crippen LogP contribution < -0.4 is 5.32 Å². The standard InChI is InChI=1S/C18H24N4O12/c1-21-10-5-3-2-4-9(10)11(20-21)12(23)19-8-6-13(24)15(26,27)17(30,31)16(28,29)14(25,7-8)22(13)18(32,33)34/h2-5,8,24-34H,6-7H2,1H3,(H,19,23). The van der Waals surface area contributed by atoms with Gasteiger partial charge in [-0.2, -0.15) is 10.00 Å². The van der Waals surface area contributed by atoms with Crippen LogP contribution in [0.5, 0.6) is 0 Å². The predicted octanol–water partition coefficient (Wildman–Crippen LogP) is -6.21. The third kappa shape index (κ3) is 2.84. The average molecular weight is 488 g/mol. The molecule has 2 unspecified atom stereocenters. The van der Waals surface area contributed by atoms with Gasteiger partial charge in [0.2, 0.25) is 0 Å². The van der Waals surface area contributed by atoms with Gasteiger partial charge < -0.3 is 61.5 Å². The monoisotopic (exact) mass is 488 g/mol. The van der Waals surface area contributed by atoms with Crippen LogP contribution >= 0.6 is 0 Å². The largest absolute Gasteiger partial charge is 0.370 e. The number of carbonyl (C=O) groups is 1. The second-order valence-electron chi connectivity index (χ2n) is 8.65. The van der Waals surface area contributed by atoms with E-state index in [9.17, 15) is 61.0 Å². The van der Waals surface area contributed by atoms with Gasteiger partial charge in [-0.1, -0.05) is 18.2 Å². The Morgan fingerprint density at radius 2 is 1.44 bits per heavy atom. The lowest BCUT2D eigenvalue weighted by Gasteiger charge is -2.69. The molecular formula is C18H24N4O12. The van der Waals surface area contributed by atoms with Gasteiger partial charge in [0, 0.05) is 31.3 Å². The highest BCUT2D eigenvalue weighted by molar-refractivity contribution is 6.04. The molecular weight excluding hydrogens is 464 g/mol. The van der Waals surface area contributed by atoms with Crippen LogP contribution in [-0.4, -0.2) is 118 Å². The second kappa shape index (κ2) is 6.88. The zero-order valence-corrected chi connectivity index (χ0v) is 17.5. The number of aryl methyl sites for hydroxylation is 1. The minimum absolute atomic E-state index is 0.136. The maximum atomic E-state index is 12.9. The van der Waals surface area contributed by atoms with E-state index >= 15 is 0 Å². The minimum Gasteiger partial charge on any atom is -0.370 e. The number of benzene rings is 1. The summed E-state index contributed by atoms with van der Waals surface area (Å²) in [5, 5.41) is 119. The van der Waals surface area contributed by atoms with Crippen molar-refractivity contribution >= 4 is 16.8 Å². The van der Waals surface area contributed by atoms with Gasteiger partial charge in [0.1, 0.15) is 0 Å². The molecule has 2 aliphatic heterocycles. The molecule has 2 bridgehead atoms. The highest BCUT2D eigenvalue weighted by atomic mass is 16.7. The van der Waals surface area contributed by atoms with Gasteiger partial charge in [-0.15, -0.1) is 0 Å². The van der Waals surface area contributed by atoms with E-state index in [1.807, 2.05) is 0 Å². The van der Waals surface area contributed by atoms with E-state index in [-0.39, 0.29) is 5.69 Å². The molecule has 12 N–H and O–H groups in total. The highest BCUT2D eigenvalue weighted by Crippen LogP contribution is 2.58. The molecule has 16 heteroatoms. The summed E-state index contributed by atoms with van der Waals surface area (Å²) in [5.74, 6) is -14.4. The predicted molar refractivity (Wildman–Crippen MR) is 104 cm³/mol. The van der Waals surface area contributed by atoms with Crippen LogP contribution in [0, 0.1) is 0 Å². The number of fused-ring (bicyclic) bond motifs is 3. The number of nitrogens with zero attached hydrogens (tertiary/aromatic N) is 3. The Balaban J connectivity index is 1.79. The fraction of sp³-hybridized carbons (Fsp3) is 0.556. The Kier molecular flexibility index (Phi) is 5.02. The number of rotatable bonds is 3. The fourth-order valence-corrected chi connectivity index (χ4v) is 4.88. The maximum Gasteiger partial charge on any atom is 0.350 e. The molecule has 1 amide bonds. The molecule has 3 heterocycles. The Morgan fingerprint density at radius 3 is 1.94 bits per heavy atom. The number of para-hydroxylation sites is 1. The Bertz CT molecular complexity index is 1120. The first-order valence-electron chi connectivity index (χ1n) is 9.82. The molecule has 0 aliphatic carbocycles. The third-order valence-electron chi connectivity index (χ3n) is 6.50. The van der Waals surface area contributed by atoms with E-state index in [1.165, 1.54) is 4.68 Å². The van der Waals surface area contributed by atoms with E-state index in [0.717, 1.165) is 0 Å². The van der Waals surface area contributed by atoms with E-state index in [4.69, 9.17) is 0 Å². The molecule has 2 aliphatic rings. The molecule has 0 radical (unpaired) electrons. The van der Waals surface area contributed by atoms with Crippen molar-refractivity contribution < 1.29 is 61.0 Å². The zero-order chi connectivity index (χ0) is 25.7. The third-order valence-corrected chi connectivity index (χ3v) is 6.50. The number of aliphatic hydroxyl groups is 11. The number of aromatic nitrogens is 2. The molecule has 34 heavy (non-hydrogen) atoms. The minimum atomic E-state index is -4.52. The summed E-state index contributed by atoms with van der Waals surface area (Å²) in [7, 11) is 1.55. The Hall–Kier alpha value is -2.32. The fourth-order valence-electron chi connectivity index (χ4n) is 4.88. The van der Waals surface area contributed by atoms with E-state index < -0.39 is 64.6 Å². The number of hydrogen-bond donors (Lipinski definition) is 12. The zero-order valence-electron chi connectivity index (χ0n) is 17.5. The van der Waals surface area contributed by atoms with Gasteiger partial charge in [-0.05, 0) is 6.07 Å². The second-order valence-corrected chi connectivity index (χ2v) is 8.65. The quantitative estimate of drug-likeness (QED) is 0.179. The summed E-state index contributed by atoms with van der Waals surface area (Å²) in [6, 6.07) is 4.93. The van der Waals surface area contributed by atoms with Crippen molar-refractivity contribution in [2.75, 3.05) is 0 Å². The van der Waals surface area contributed by atoms with Crippen LogP contribution in [0.25, 0.3) is 10.9 Å². The highest BCUT2D eigenvalue weighted by Gasteiger charge is 2.88. The van der Waals surface area contributed by atoms with Crippen LogP contribution in [0.4, 0.5) is 0 Å². The van der Waals surface area contributed by atoms with Crippen LogP contribution in [0.2, 0.25) is 0 Å². The summed E-state index contributed by atoms with van der Waals surface area (Å²) in [6.07, 6.45) is -6.78. The van der Waals surface area contributed by atoms with Crippen LogP contribution in [-0.2, 0) is 7.05 Å². The molecule has 188 valence electrons. The van der Waals surface area contributed by atoms with Crippen molar-refractivity contribution in [1.29, 1.82) is 0 Å². The smallest absolute Gasteiger partial charge is 0.350 e. The lowest BCUT2D eigenvalue weighted by atomic mass is 9.66. The maximum absolute atomic E-state index is 12.9. The number of amides is 1. The Labute approximate surface area is 189 Å². The van der Waals surface area contributed by atoms with E-state index in [0.29, 0.717) is 10.9 Å². The molecule has 2 aromatic rings. The number of carbonyl (C=O) groups excluding carboxylic acids is 1. The summed E-state index contributed by atoms with van der Waals surface area (Å²) in [5.41, 5.74) is -7.19. The molecule has 2 fully saturated rings. The Morgan fingerprint density at radius 1 is 0.941 bits per heavy atom. The van der Waals surface area contributed by atoms with Gasteiger partial charge in [0.15, 0.2) is 17.1 Å². The first-order valence-corrected chi connectivity index (χ1v) is 9.82. The lowest BCUT2D eigenvalue weighted by Crippen LogP contribution is -2.97. The van der Waals surface area contributed by atoms with E-state index in [1.54, 1.807) is 31.3 Å². The summed E-state index contributed by atoms with van der Waals surface area (Å²) < 4.78 is 1.38. The number of hydrogen-bond acceptors (Lipinski definition) is 14. The normalized spacial score (nSPS) is 32.5. The van der Waals surface area contributed by atoms with Gasteiger partial charge in [0.05, 0.1) is 5.52 Å². The van der Waals surface area contributed by atoms with Gasteiger partial charge in [-0.3, -0.25) is 9.48 Å². The molecule has 0 spiro atoms. The molecule has 2 saturated heterocycles. The molecule has 16 nitrogen and oxygen atoms in total. The summed E-state index contributed by atoms with van der Waals surface area (Å²) in [6.45, 7) is 0. The van der Waals surface area contributed by atoms with Gasteiger partial charge >= 0.3 is 6.10 Å². The topological polar surface area (TPSA) is 273 Å². The lowest BCUT2D eigenvalue weighted by molar-refractivity contribution is -0.618. The molecule has 0 saturated carbocycles. The number of nitrogens with one attached hydrogen (secondary N) is 1. The van der Waals surface area contributed by atoms with E-state index in [2.05, 4.69) is 10.4 Å². The number of piperidine rings is 2. The van der Waals surface area contributed by atoms with Crippen LogP contribution in [0.15, 0.2) is 24.3 Å². The molecule has 4 rings (SSSR count).